The Kier molecular flexibility index (Phi) is 2.81. The van der Waals surface area contributed by atoms with Crippen LogP contribution in [0.25, 0.3) is 0 Å². The lowest BCUT2D eigenvalue weighted by Gasteiger charge is -2.25. The van der Waals surface area contributed by atoms with Gasteiger partial charge in [-0.2, -0.15) is 0 Å². The molecule has 16 heavy (non-hydrogen) atoms. The number of likely N-dealkylation sites (N-methyl/N-ethyl adjacent to an activating group) is 1. The average molecular weight is 221 g/mol. The first-order chi connectivity index (χ1) is 7.63. The molecule has 4 heteroatoms. The summed E-state index contributed by atoms with van der Waals surface area (Å²) in [6, 6.07) is 5.34. The molecule has 0 saturated carbocycles. The number of rotatable bonds is 2. The summed E-state index contributed by atoms with van der Waals surface area (Å²) in [5.41, 5.74) is 7.53. The molecule has 3 nitrogen and oxygen atoms in total. The molecule has 86 valence electrons. The number of aliphatic imine (C=N–C) groups is 1. The van der Waals surface area contributed by atoms with Crippen molar-refractivity contribution in [3.8, 4) is 0 Å². The Bertz CT molecular complexity index is 428. The second-order valence-corrected chi connectivity index (χ2v) is 4.01. The van der Waals surface area contributed by atoms with Gasteiger partial charge < -0.3 is 10.6 Å². The SMILES string of the molecule is CCN1C(N)=NCC1c1ccc(F)c(C)c1. The molecule has 1 atom stereocenters. The maximum absolute atomic E-state index is 13.2. The van der Waals surface area contributed by atoms with Gasteiger partial charge in [0.05, 0.1) is 12.6 Å². The first kappa shape index (κ1) is 10.9. The predicted molar refractivity (Wildman–Crippen MR) is 62.7 cm³/mol. The molecule has 1 aliphatic rings. The molecule has 1 aromatic rings. The van der Waals surface area contributed by atoms with Gasteiger partial charge in [-0.1, -0.05) is 12.1 Å². The zero-order valence-electron chi connectivity index (χ0n) is 9.57. The molecule has 0 spiro atoms. The van der Waals surface area contributed by atoms with E-state index >= 15 is 0 Å². The topological polar surface area (TPSA) is 41.6 Å². The molecule has 0 aromatic heterocycles. The summed E-state index contributed by atoms with van der Waals surface area (Å²) < 4.78 is 13.2. The van der Waals surface area contributed by atoms with E-state index in [4.69, 9.17) is 5.73 Å². The number of halogens is 1. The third kappa shape index (κ3) is 1.75. The monoisotopic (exact) mass is 221 g/mol. The van der Waals surface area contributed by atoms with Crippen molar-refractivity contribution in [3.63, 3.8) is 0 Å². The summed E-state index contributed by atoms with van der Waals surface area (Å²) in [5, 5.41) is 0. The summed E-state index contributed by atoms with van der Waals surface area (Å²) >= 11 is 0. The highest BCUT2D eigenvalue weighted by Crippen LogP contribution is 2.26. The quantitative estimate of drug-likeness (QED) is 0.827. The Labute approximate surface area is 94.8 Å². The first-order valence-electron chi connectivity index (χ1n) is 5.46. The maximum atomic E-state index is 13.2. The lowest BCUT2D eigenvalue weighted by molar-refractivity contribution is 0.364. The van der Waals surface area contributed by atoms with Gasteiger partial charge in [0.2, 0.25) is 0 Å². The molecular formula is C12H16FN3. The van der Waals surface area contributed by atoms with Crippen LogP contribution in [0.4, 0.5) is 4.39 Å². The molecule has 0 amide bonds. The van der Waals surface area contributed by atoms with Crippen molar-refractivity contribution in [1.82, 2.24) is 4.90 Å². The molecule has 0 saturated heterocycles. The van der Waals surface area contributed by atoms with Gasteiger partial charge in [-0.15, -0.1) is 0 Å². The number of hydrogen-bond donors (Lipinski definition) is 1. The molecule has 1 aliphatic heterocycles. The Morgan fingerprint density at radius 1 is 1.56 bits per heavy atom. The molecule has 0 aliphatic carbocycles. The third-order valence-electron chi connectivity index (χ3n) is 3.00. The van der Waals surface area contributed by atoms with Crippen molar-refractivity contribution in [3.05, 3.63) is 35.1 Å². The fraction of sp³-hybridized carbons (Fsp3) is 0.417. The normalized spacial score (nSPS) is 20.1. The van der Waals surface area contributed by atoms with E-state index in [-0.39, 0.29) is 11.9 Å². The molecule has 2 N–H and O–H groups in total. The van der Waals surface area contributed by atoms with Gasteiger partial charge in [-0.05, 0) is 31.0 Å². The van der Waals surface area contributed by atoms with Crippen LogP contribution < -0.4 is 5.73 Å². The lowest BCUT2D eigenvalue weighted by atomic mass is 10.0. The highest BCUT2D eigenvalue weighted by molar-refractivity contribution is 5.80. The van der Waals surface area contributed by atoms with Gasteiger partial charge in [0.15, 0.2) is 5.96 Å². The lowest BCUT2D eigenvalue weighted by Crippen LogP contribution is -2.35. The van der Waals surface area contributed by atoms with Crippen LogP contribution in [0.1, 0.15) is 24.1 Å². The summed E-state index contributed by atoms with van der Waals surface area (Å²) in [6.07, 6.45) is 0. The van der Waals surface area contributed by atoms with Gasteiger partial charge >= 0.3 is 0 Å². The van der Waals surface area contributed by atoms with Crippen LogP contribution in [-0.2, 0) is 0 Å². The number of guanidine groups is 1. The number of hydrogen-bond acceptors (Lipinski definition) is 3. The smallest absolute Gasteiger partial charge is 0.191 e. The first-order valence-corrected chi connectivity index (χ1v) is 5.46. The molecule has 1 aromatic carbocycles. The highest BCUT2D eigenvalue weighted by atomic mass is 19.1. The Hall–Kier alpha value is -1.58. The van der Waals surface area contributed by atoms with Crippen molar-refractivity contribution in [2.45, 2.75) is 19.9 Å². The van der Waals surface area contributed by atoms with Crippen molar-refractivity contribution in [1.29, 1.82) is 0 Å². The Morgan fingerprint density at radius 3 is 2.94 bits per heavy atom. The largest absolute Gasteiger partial charge is 0.370 e. The third-order valence-corrected chi connectivity index (χ3v) is 3.00. The zero-order valence-corrected chi connectivity index (χ0v) is 9.57. The molecular weight excluding hydrogens is 205 g/mol. The van der Waals surface area contributed by atoms with E-state index in [2.05, 4.69) is 4.99 Å². The fourth-order valence-corrected chi connectivity index (χ4v) is 2.07. The van der Waals surface area contributed by atoms with Crippen LogP contribution in [-0.4, -0.2) is 23.9 Å². The summed E-state index contributed by atoms with van der Waals surface area (Å²) in [5.74, 6) is 0.410. The van der Waals surface area contributed by atoms with E-state index in [1.54, 1.807) is 6.92 Å². The Balaban J connectivity index is 2.28. The summed E-state index contributed by atoms with van der Waals surface area (Å²) in [4.78, 5) is 6.26. The molecule has 0 bridgehead atoms. The van der Waals surface area contributed by atoms with Gasteiger partial charge in [0, 0.05) is 6.54 Å². The van der Waals surface area contributed by atoms with Crippen molar-refractivity contribution in [2.75, 3.05) is 13.1 Å². The van der Waals surface area contributed by atoms with Gasteiger partial charge in [0.25, 0.3) is 0 Å². The summed E-state index contributed by atoms with van der Waals surface area (Å²) in [6.45, 7) is 5.28. The van der Waals surface area contributed by atoms with Crippen molar-refractivity contribution >= 4 is 5.96 Å². The molecule has 2 rings (SSSR count). The molecule has 0 fully saturated rings. The van der Waals surface area contributed by atoms with E-state index in [0.717, 1.165) is 12.1 Å². The molecule has 1 heterocycles. The van der Waals surface area contributed by atoms with Gasteiger partial charge in [-0.3, -0.25) is 4.99 Å². The van der Waals surface area contributed by atoms with Crippen LogP contribution in [0.5, 0.6) is 0 Å². The fourth-order valence-electron chi connectivity index (χ4n) is 2.07. The van der Waals surface area contributed by atoms with Crippen LogP contribution in [0.2, 0.25) is 0 Å². The highest BCUT2D eigenvalue weighted by Gasteiger charge is 2.26. The molecule has 1 unspecified atom stereocenters. The van der Waals surface area contributed by atoms with Crippen molar-refractivity contribution in [2.24, 2.45) is 10.7 Å². The van der Waals surface area contributed by atoms with Crippen LogP contribution in [0.15, 0.2) is 23.2 Å². The maximum Gasteiger partial charge on any atom is 0.191 e. The van der Waals surface area contributed by atoms with E-state index < -0.39 is 0 Å². The van der Waals surface area contributed by atoms with E-state index in [1.165, 1.54) is 6.07 Å². The number of nitrogens with zero attached hydrogens (tertiary/aromatic N) is 2. The standard InChI is InChI=1S/C12H16FN3/c1-3-16-11(7-15-12(16)14)9-4-5-10(13)8(2)6-9/h4-6,11H,3,7H2,1-2H3,(H2,14,15). The van der Waals surface area contributed by atoms with Gasteiger partial charge in [-0.25, -0.2) is 4.39 Å². The van der Waals surface area contributed by atoms with Crippen LogP contribution in [0.3, 0.4) is 0 Å². The number of aryl methyl sites for hydroxylation is 1. The average Bonchev–Trinajstić information content (AvgIpc) is 2.63. The number of nitrogens with two attached hydrogens (primary N) is 1. The van der Waals surface area contributed by atoms with Crippen LogP contribution in [0, 0.1) is 12.7 Å². The second kappa shape index (κ2) is 4.12. The summed E-state index contributed by atoms with van der Waals surface area (Å²) in [7, 11) is 0. The van der Waals surface area contributed by atoms with Gasteiger partial charge in [0.1, 0.15) is 5.82 Å². The number of benzene rings is 1. The van der Waals surface area contributed by atoms with Crippen molar-refractivity contribution < 1.29 is 4.39 Å². The van der Waals surface area contributed by atoms with E-state index in [9.17, 15) is 4.39 Å². The second-order valence-electron chi connectivity index (χ2n) is 4.01. The van der Waals surface area contributed by atoms with Crippen LogP contribution >= 0.6 is 0 Å². The molecule has 0 radical (unpaired) electrons. The van der Waals surface area contributed by atoms with E-state index in [1.807, 2.05) is 24.0 Å². The van der Waals surface area contributed by atoms with E-state index in [0.29, 0.717) is 18.1 Å². The minimum atomic E-state index is -0.168. The minimum absolute atomic E-state index is 0.157. The zero-order chi connectivity index (χ0) is 11.7. The Morgan fingerprint density at radius 2 is 2.31 bits per heavy atom. The minimum Gasteiger partial charge on any atom is -0.370 e. The predicted octanol–water partition coefficient (Wildman–Crippen LogP) is 1.83.